The molecule has 1 aliphatic heterocycles. The van der Waals surface area contributed by atoms with Gasteiger partial charge in [-0.05, 0) is 33.2 Å². The van der Waals surface area contributed by atoms with Gasteiger partial charge in [0.05, 0.1) is 5.60 Å². The molecule has 0 saturated carbocycles. The zero-order chi connectivity index (χ0) is 13.2. The van der Waals surface area contributed by atoms with E-state index < -0.39 is 5.60 Å². The number of rotatable bonds is 4. The molecule has 2 unspecified atom stereocenters. The second-order valence-electron chi connectivity index (χ2n) is 5.72. The SMILES string of the molecule is CCCn1ccnc1CC1(O)CCN(C)C(C)C1. The molecule has 1 N–H and O–H groups in total. The highest BCUT2D eigenvalue weighted by Gasteiger charge is 2.36. The number of aliphatic hydroxyl groups is 1. The smallest absolute Gasteiger partial charge is 0.111 e. The summed E-state index contributed by atoms with van der Waals surface area (Å²) in [6.45, 7) is 6.30. The van der Waals surface area contributed by atoms with Gasteiger partial charge in [-0.1, -0.05) is 6.92 Å². The van der Waals surface area contributed by atoms with E-state index in [2.05, 4.69) is 35.3 Å². The van der Waals surface area contributed by atoms with E-state index in [4.69, 9.17) is 0 Å². The first-order chi connectivity index (χ1) is 8.54. The minimum absolute atomic E-state index is 0.443. The average molecular weight is 251 g/mol. The Morgan fingerprint density at radius 2 is 2.33 bits per heavy atom. The van der Waals surface area contributed by atoms with Crippen LogP contribution >= 0.6 is 0 Å². The third-order valence-corrected chi connectivity index (χ3v) is 4.11. The van der Waals surface area contributed by atoms with Gasteiger partial charge in [0.1, 0.15) is 5.82 Å². The molecule has 0 aliphatic carbocycles. The van der Waals surface area contributed by atoms with E-state index in [1.54, 1.807) is 0 Å². The molecule has 102 valence electrons. The Kier molecular flexibility index (Phi) is 4.07. The first-order valence-corrected chi connectivity index (χ1v) is 6.97. The molecule has 18 heavy (non-hydrogen) atoms. The lowest BCUT2D eigenvalue weighted by Gasteiger charge is -2.41. The van der Waals surface area contributed by atoms with Crippen LogP contribution in [0.5, 0.6) is 0 Å². The van der Waals surface area contributed by atoms with E-state index in [0.29, 0.717) is 12.5 Å². The van der Waals surface area contributed by atoms with Gasteiger partial charge in [-0.15, -0.1) is 0 Å². The summed E-state index contributed by atoms with van der Waals surface area (Å²) >= 11 is 0. The molecule has 4 nitrogen and oxygen atoms in total. The van der Waals surface area contributed by atoms with E-state index in [1.807, 2.05) is 12.4 Å². The number of aromatic nitrogens is 2. The Morgan fingerprint density at radius 1 is 1.56 bits per heavy atom. The molecule has 0 amide bonds. The highest BCUT2D eigenvalue weighted by molar-refractivity contribution is 5.01. The summed E-state index contributed by atoms with van der Waals surface area (Å²) in [5.41, 5.74) is -0.581. The topological polar surface area (TPSA) is 41.3 Å². The number of piperidine rings is 1. The molecule has 2 heterocycles. The van der Waals surface area contributed by atoms with Gasteiger partial charge in [-0.25, -0.2) is 4.98 Å². The first-order valence-electron chi connectivity index (χ1n) is 6.97. The fraction of sp³-hybridized carbons (Fsp3) is 0.786. The third kappa shape index (κ3) is 2.93. The maximum Gasteiger partial charge on any atom is 0.111 e. The van der Waals surface area contributed by atoms with Crippen LogP contribution in [0.25, 0.3) is 0 Å². The van der Waals surface area contributed by atoms with Gasteiger partial charge in [-0.2, -0.15) is 0 Å². The van der Waals surface area contributed by atoms with E-state index in [0.717, 1.165) is 38.2 Å². The zero-order valence-corrected chi connectivity index (χ0v) is 11.8. The van der Waals surface area contributed by atoms with Gasteiger partial charge >= 0.3 is 0 Å². The molecule has 0 spiro atoms. The van der Waals surface area contributed by atoms with E-state index in [1.165, 1.54) is 0 Å². The fourth-order valence-electron chi connectivity index (χ4n) is 2.82. The molecule has 2 atom stereocenters. The summed E-state index contributed by atoms with van der Waals surface area (Å²) in [4.78, 5) is 6.72. The summed E-state index contributed by atoms with van der Waals surface area (Å²) < 4.78 is 2.17. The molecular formula is C14H25N3O. The van der Waals surface area contributed by atoms with Crippen molar-refractivity contribution in [1.29, 1.82) is 0 Å². The van der Waals surface area contributed by atoms with Gasteiger partial charge in [0.25, 0.3) is 0 Å². The second kappa shape index (κ2) is 5.41. The Morgan fingerprint density at radius 3 is 3.00 bits per heavy atom. The van der Waals surface area contributed by atoms with Crippen LogP contribution in [-0.4, -0.2) is 44.8 Å². The molecule has 1 aromatic heterocycles. The zero-order valence-electron chi connectivity index (χ0n) is 11.8. The van der Waals surface area contributed by atoms with Gasteiger partial charge in [0.2, 0.25) is 0 Å². The Hall–Kier alpha value is -0.870. The Balaban J connectivity index is 2.05. The van der Waals surface area contributed by atoms with Crippen LogP contribution in [0.4, 0.5) is 0 Å². The number of aryl methyl sites for hydroxylation is 1. The van der Waals surface area contributed by atoms with Crippen LogP contribution in [-0.2, 0) is 13.0 Å². The molecule has 2 rings (SSSR count). The predicted molar refractivity (Wildman–Crippen MR) is 72.5 cm³/mol. The van der Waals surface area contributed by atoms with Crippen LogP contribution in [0, 0.1) is 0 Å². The molecule has 1 aromatic rings. The molecule has 0 radical (unpaired) electrons. The van der Waals surface area contributed by atoms with Crippen molar-refractivity contribution < 1.29 is 5.11 Å². The number of hydrogen-bond acceptors (Lipinski definition) is 3. The van der Waals surface area contributed by atoms with Crippen molar-refractivity contribution in [3.63, 3.8) is 0 Å². The standard InChI is InChI=1S/C14H25N3O/c1-4-7-17-9-6-15-13(17)11-14(18)5-8-16(3)12(2)10-14/h6,9,12,18H,4-5,7-8,10-11H2,1-3H3. The Bertz CT molecular complexity index is 390. The number of hydrogen-bond donors (Lipinski definition) is 1. The molecule has 0 bridgehead atoms. The highest BCUT2D eigenvalue weighted by atomic mass is 16.3. The average Bonchev–Trinajstić information content (AvgIpc) is 2.72. The molecule has 0 aromatic carbocycles. The third-order valence-electron chi connectivity index (χ3n) is 4.11. The predicted octanol–water partition coefficient (Wildman–Crippen LogP) is 1.68. The number of imidazole rings is 1. The van der Waals surface area contributed by atoms with Crippen molar-refractivity contribution >= 4 is 0 Å². The molecular weight excluding hydrogens is 226 g/mol. The molecule has 1 fully saturated rings. The lowest BCUT2D eigenvalue weighted by atomic mass is 9.84. The number of likely N-dealkylation sites (tertiary alicyclic amines) is 1. The fourth-order valence-corrected chi connectivity index (χ4v) is 2.82. The largest absolute Gasteiger partial charge is 0.389 e. The van der Waals surface area contributed by atoms with Crippen molar-refractivity contribution in [3.8, 4) is 0 Å². The summed E-state index contributed by atoms with van der Waals surface area (Å²) in [6.07, 6.45) is 7.31. The van der Waals surface area contributed by atoms with E-state index in [9.17, 15) is 5.11 Å². The van der Waals surface area contributed by atoms with Crippen molar-refractivity contribution in [2.75, 3.05) is 13.6 Å². The minimum Gasteiger partial charge on any atom is -0.389 e. The Labute approximate surface area is 110 Å². The van der Waals surface area contributed by atoms with Crippen LogP contribution in [0.1, 0.15) is 38.9 Å². The van der Waals surface area contributed by atoms with Gasteiger partial charge in [0.15, 0.2) is 0 Å². The highest BCUT2D eigenvalue weighted by Crippen LogP contribution is 2.28. The van der Waals surface area contributed by atoms with E-state index >= 15 is 0 Å². The lowest BCUT2D eigenvalue weighted by molar-refractivity contribution is -0.0371. The maximum atomic E-state index is 10.7. The monoisotopic (exact) mass is 251 g/mol. The van der Waals surface area contributed by atoms with Crippen LogP contribution in [0.2, 0.25) is 0 Å². The van der Waals surface area contributed by atoms with Crippen molar-refractivity contribution in [3.05, 3.63) is 18.2 Å². The molecule has 1 saturated heterocycles. The van der Waals surface area contributed by atoms with Gasteiger partial charge in [-0.3, -0.25) is 0 Å². The summed E-state index contributed by atoms with van der Waals surface area (Å²) in [6, 6.07) is 0.443. The van der Waals surface area contributed by atoms with Crippen molar-refractivity contribution in [2.24, 2.45) is 0 Å². The van der Waals surface area contributed by atoms with Gasteiger partial charge in [0, 0.05) is 37.9 Å². The summed E-state index contributed by atoms with van der Waals surface area (Å²) in [5.74, 6) is 1.02. The van der Waals surface area contributed by atoms with E-state index in [-0.39, 0.29) is 0 Å². The quantitative estimate of drug-likeness (QED) is 0.885. The van der Waals surface area contributed by atoms with Crippen LogP contribution in [0.15, 0.2) is 12.4 Å². The maximum absolute atomic E-state index is 10.7. The van der Waals surface area contributed by atoms with Crippen molar-refractivity contribution in [1.82, 2.24) is 14.5 Å². The molecule has 4 heteroatoms. The second-order valence-corrected chi connectivity index (χ2v) is 5.72. The molecule has 1 aliphatic rings. The van der Waals surface area contributed by atoms with Crippen molar-refractivity contribution in [2.45, 2.75) is 57.7 Å². The minimum atomic E-state index is -0.581. The lowest BCUT2D eigenvalue weighted by Crippen LogP contribution is -2.49. The van der Waals surface area contributed by atoms with Gasteiger partial charge < -0.3 is 14.6 Å². The summed E-state index contributed by atoms with van der Waals surface area (Å²) in [5, 5.41) is 10.7. The summed E-state index contributed by atoms with van der Waals surface area (Å²) in [7, 11) is 2.13. The van der Waals surface area contributed by atoms with Crippen LogP contribution < -0.4 is 0 Å². The first kappa shape index (κ1) is 13.6. The van der Waals surface area contributed by atoms with Crippen LogP contribution in [0.3, 0.4) is 0 Å². The number of nitrogens with zero attached hydrogens (tertiary/aromatic N) is 3. The normalized spacial score (nSPS) is 29.7.